The molecule has 0 saturated carbocycles. The van der Waals surface area contributed by atoms with Crippen molar-refractivity contribution >= 4 is 11.9 Å². The van der Waals surface area contributed by atoms with Gasteiger partial charge in [-0.2, -0.15) is 0 Å². The van der Waals surface area contributed by atoms with Gasteiger partial charge in [0, 0.05) is 13.0 Å². The quantitative estimate of drug-likeness (QED) is 0.783. The molecular weight excluding hydrogens is 290 g/mol. The summed E-state index contributed by atoms with van der Waals surface area (Å²) in [5, 5.41) is 2.85. The van der Waals surface area contributed by atoms with Crippen LogP contribution in [-0.2, 0) is 14.3 Å². The molecule has 2 unspecified atom stereocenters. The van der Waals surface area contributed by atoms with E-state index in [4.69, 9.17) is 4.74 Å². The smallest absolute Gasteiger partial charge is 0.315 e. The second-order valence-corrected chi connectivity index (χ2v) is 6.90. The number of nitrogens with one attached hydrogen (secondary N) is 1. The molecule has 2 atom stereocenters. The summed E-state index contributed by atoms with van der Waals surface area (Å²) in [6.07, 6.45) is 1.13. The number of esters is 1. The Labute approximate surface area is 139 Å². The first-order valence-corrected chi connectivity index (χ1v) is 8.06. The van der Waals surface area contributed by atoms with Gasteiger partial charge in [0.2, 0.25) is 5.91 Å². The van der Waals surface area contributed by atoms with Crippen LogP contribution in [0.15, 0.2) is 30.3 Å². The number of benzene rings is 1. The van der Waals surface area contributed by atoms with Crippen molar-refractivity contribution in [3.8, 4) is 0 Å². The van der Waals surface area contributed by atoms with Gasteiger partial charge in [-0.05, 0) is 32.3 Å². The Hall–Kier alpha value is -1.84. The van der Waals surface area contributed by atoms with E-state index in [1.165, 1.54) is 0 Å². The Balaban J connectivity index is 2.77. The molecule has 4 nitrogen and oxygen atoms in total. The highest BCUT2D eigenvalue weighted by molar-refractivity contribution is 5.81. The fraction of sp³-hybridized carbons (Fsp3) is 0.526. The number of carbonyl (C=O) groups is 2. The van der Waals surface area contributed by atoms with Crippen LogP contribution in [0.25, 0.3) is 0 Å². The molecule has 1 amide bonds. The molecule has 23 heavy (non-hydrogen) atoms. The number of ether oxygens (including phenoxy) is 1. The minimum Gasteiger partial charge on any atom is -0.459 e. The lowest BCUT2D eigenvalue weighted by Crippen LogP contribution is -2.36. The van der Waals surface area contributed by atoms with Gasteiger partial charge >= 0.3 is 5.97 Å². The van der Waals surface area contributed by atoms with E-state index in [1.807, 2.05) is 58.0 Å². The lowest BCUT2D eigenvalue weighted by atomic mass is 9.98. The molecule has 0 aromatic heterocycles. The lowest BCUT2D eigenvalue weighted by molar-refractivity contribution is -0.156. The van der Waals surface area contributed by atoms with Gasteiger partial charge in [-0.15, -0.1) is 0 Å². The number of carbonyl (C=O) groups excluding carboxylic acids is 2. The van der Waals surface area contributed by atoms with Crippen molar-refractivity contribution in [2.24, 2.45) is 5.92 Å². The maximum Gasteiger partial charge on any atom is 0.315 e. The van der Waals surface area contributed by atoms with Crippen LogP contribution < -0.4 is 5.32 Å². The summed E-state index contributed by atoms with van der Waals surface area (Å²) in [6, 6.07) is 9.39. The van der Waals surface area contributed by atoms with E-state index in [2.05, 4.69) is 12.2 Å². The van der Waals surface area contributed by atoms with E-state index in [9.17, 15) is 9.59 Å². The van der Waals surface area contributed by atoms with Crippen LogP contribution in [0, 0.1) is 12.8 Å². The first kappa shape index (κ1) is 19.2. The average molecular weight is 318 g/mol. The molecule has 0 fully saturated rings. The van der Waals surface area contributed by atoms with E-state index in [-0.39, 0.29) is 24.3 Å². The average Bonchev–Trinajstić information content (AvgIpc) is 2.46. The van der Waals surface area contributed by atoms with E-state index in [0.717, 1.165) is 5.56 Å². The molecule has 0 heterocycles. The van der Waals surface area contributed by atoms with Crippen molar-refractivity contribution in [1.82, 2.24) is 5.32 Å². The minimum atomic E-state index is -0.559. The zero-order valence-electron chi connectivity index (χ0n) is 14.6. The maximum absolute atomic E-state index is 12.5. The standard InChI is InChI=1S/C19H28NO3/c1-6-14(2)12-17(21)20-13-16(15-10-8-7-9-11-15)18(22)23-19(3,4)5/h7-11,14,16H,1,6,12-13H2,2-5H3,(H,20,21). The lowest BCUT2D eigenvalue weighted by Gasteiger charge is -2.24. The van der Waals surface area contributed by atoms with Gasteiger partial charge in [-0.25, -0.2) is 0 Å². The third kappa shape index (κ3) is 7.31. The highest BCUT2D eigenvalue weighted by atomic mass is 16.6. The van der Waals surface area contributed by atoms with Crippen LogP contribution in [0.5, 0.6) is 0 Å². The highest BCUT2D eigenvalue weighted by Crippen LogP contribution is 2.20. The molecule has 0 saturated heterocycles. The van der Waals surface area contributed by atoms with Gasteiger partial charge in [0.1, 0.15) is 5.60 Å². The summed E-state index contributed by atoms with van der Waals surface area (Å²) < 4.78 is 5.49. The molecule has 0 aliphatic heterocycles. The predicted molar refractivity (Wildman–Crippen MR) is 91.8 cm³/mol. The molecule has 1 rings (SSSR count). The topological polar surface area (TPSA) is 55.4 Å². The van der Waals surface area contributed by atoms with E-state index >= 15 is 0 Å². The Morgan fingerprint density at radius 1 is 1.22 bits per heavy atom. The Morgan fingerprint density at radius 3 is 2.35 bits per heavy atom. The first-order valence-electron chi connectivity index (χ1n) is 8.06. The highest BCUT2D eigenvalue weighted by Gasteiger charge is 2.27. The molecule has 0 bridgehead atoms. The Bertz CT molecular complexity index is 505. The van der Waals surface area contributed by atoms with Crippen molar-refractivity contribution in [2.75, 3.05) is 6.54 Å². The fourth-order valence-corrected chi connectivity index (χ4v) is 2.10. The van der Waals surface area contributed by atoms with Gasteiger partial charge in [-0.1, -0.05) is 50.6 Å². The van der Waals surface area contributed by atoms with E-state index < -0.39 is 11.5 Å². The Kier molecular flexibility index (Phi) is 7.27. The molecule has 4 heteroatoms. The number of hydrogen-bond donors (Lipinski definition) is 1. The second kappa shape index (κ2) is 8.70. The van der Waals surface area contributed by atoms with Gasteiger partial charge in [0.25, 0.3) is 0 Å². The molecule has 0 aliphatic carbocycles. The second-order valence-electron chi connectivity index (χ2n) is 6.90. The van der Waals surface area contributed by atoms with Crippen LogP contribution in [0.3, 0.4) is 0 Å². The summed E-state index contributed by atoms with van der Waals surface area (Å²) in [6.45, 7) is 11.5. The minimum absolute atomic E-state index is 0.0642. The van der Waals surface area contributed by atoms with Crippen LogP contribution in [-0.4, -0.2) is 24.0 Å². The van der Waals surface area contributed by atoms with E-state index in [0.29, 0.717) is 12.8 Å². The first-order chi connectivity index (χ1) is 10.7. The van der Waals surface area contributed by atoms with Crippen molar-refractivity contribution < 1.29 is 14.3 Å². The molecule has 0 spiro atoms. The molecule has 1 aromatic rings. The number of hydrogen-bond acceptors (Lipinski definition) is 3. The normalized spacial score (nSPS) is 14.0. The third-order valence-corrected chi connectivity index (χ3v) is 3.42. The molecule has 1 N–H and O–H groups in total. The van der Waals surface area contributed by atoms with Crippen molar-refractivity contribution in [2.45, 2.75) is 52.1 Å². The number of rotatable bonds is 7. The molecular formula is C19H28NO3. The summed E-state index contributed by atoms with van der Waals surface area (Å²) >= 11 is 0. The van der Waals surface area contributed by atoms with Crippen LogP contribution in [0.4, 0.5) is 0 Å². The molecule has 127 valence electrons. The molecule has 1 aromatic carbocycles. The summed E-state index contributed by atoms with van der Waals surface area (Å²) in [5.41, 5.74) is 0.281. The largest absolute Gasteiger partial charge is 0.459 e. The Morgan fingerprint density at radius 2 is 1.83 bits per heavy atom. The summed E-state index contributed by atoms with van der Waals surface area (Å²) in [7, 11) is 0. The van der Waals surface area contributed by atoms with Crippen LogP contribution in [0.1, 0.15) is 52.0 Å². The zero-order valence-corrected chi connectivity index (χ0v) is 14.6. The SMILES string of the molecule is [CH2]CC(C)CC(=O)NCC(C(=O)OC(C)(C)C)c1ccccc1. The zero-order chi connectivity index (χ0) is 17.5. The van der Waals surface area contributed by atoms with Crippen molar-refractivity contribution in [3.05, 3.63) is 42.8 Å². The van der Waals surface area contributed by atoms with Gasteiger partial charge in [-0.3, -0.25) is 9.59 Å². The van der Waals surface area contributed by atoms with Gasteiger partial charge < -0.3 is 10.1 Å². The predicted octanol–water partition coefficient (Wildman–Crippen LogP) is 3.48. The number of amides is 1. The summed E-state index contributed by atoms with van der Waals surface area (Å²) in [5.74, 6) is -0.666. The fourth-order valence-electron chi connectivity index (χ4n) is 2.10. The molecule has 0 aliphatic rings. The third-order valence-electron chi connectivity index (χ3n) is 3.42. The monoisotopic (exact) mass is 318 g/mol. The maximum atomic E-state index is 12.5. The van der Waals surface area contributed by atoms with Crippen molar-refractivity contribution in [1.29, 1.82) is 0 Å². The molecule has 1 radical (unpaired) electrons. The van der Waals surface area contributed by atoms with E-state index in [1.54, 1.807) is 0 Å². The van der Waals surface area contributed by atoms with Gasteiger partial charge in [0.05, 0.1) is 5.92 Å². The van der Waals surface area contributed by atoms with Crippen LogP contribution in [0.2, 0.25) is 0 Å². The van der Waals surface area contributed by atoms with Crippen LogP contribution >= 0.6 is 0 Å². The summed E-state index contributed by atoms with van der Waals surface area (Å²) in [4.78, 5) is 24.4. The van der Waals surface area contributed by atoms with Crippen molar-refractivity contribution in [3.63, 3.8) is 0 Å². The van der Waals surface area contributed by atoms with Gasteiger partial charge in [0.15, 0.2) is 0 Å².